The number of fused-ring (bicyclic) bond motifs is 1. The van der Waals surface area contributed by atoms with E-state index in [-0.39, 0.29) is 24.6 Å². The molecular weight excluding hydrogens is 500 g/mol. The molecule has 5 rings (SSSR count). The fraction of sp³-hybridized carbons (Fsp3) is 0.103. The standard InChI is InChI=1S/C29H22N4O4S/c1-37-23-12-10-22(11-13-23)31-29-33(17-19-6-8-20(9-7-19)28(35)36)27(34)26(38-29)16-21-18-32(15-14-30)25-5-3-2-4-24(21)25/h2-13,16,18H,15,17H2,1H3,(H,35,36)/b26-16-,31-29?. The van der Waals surface area contributed by atoms with Crippen LogP contribution in [0.15, 0.2) is 88.9 Å². The van der Waals surface area contributed by atoms with E-state index in [1.165, 1.54) is 23.9 Å². The molecular formula is C29H22N4O4S. The van der Waals surface area contributed by atoms with Crippen LogP contribution in [0.3, 0.4) is 0 Å². The van der Waals surface area contributed by atoms with Gasteiger partial charge in [-0.1, -0.05) is 30.3 Å². The third kappa shape index (κ3) is 5.03. The highest BCUT2D eigenvalue weighted by Gasteiger charge is 2.34. The number of amidine groups is 1. The summed E-state index contributed by atoms with van der Waals surface area (Å²) in [6.45, 7) is 0.432. The molecule has 0 saturated carbocycles. The first-order valence-corrected chi connectivity index (χ1v) is 12.5. The highest BCUT2D eigenvalue weighted by molar-refractivity contribution is 8.18. The Balaban J connectivity index is 1.53. The summed E-state index contributed by atoms with van der Waals surface area (Å²) in [7, 11) is 1.59. The van der Waals surface area contributed by atoms with Gasteiger partial charge in [0.15, 0.2) is 5.17 Å². The Bertz CT molecular complexity index is 1630. The van der Waals surface area contributed by atoms with Crippen molar-refractivity contribution >= 4 is 51.5 Å². The molecule has 0 atom stereocenters. The molecule has 38 heavy (non-hydrogen) atoms. The minimum absolute atomic E-state index is 0.178. The number of carboxylic acid groups (broad SMARTS) is 1. The van der Waals surface area contributed by atoms with Crippen molar-refractivity contribution in [3.8, 4) is 11.8 Å². The van der Waals surface area contributed by atoms with Gasteiger partial charge in [0.1, 0.15) is 12.3 Å². The van der Waals surface area contributed by atoms with Gasteiger partial charge in [0, 0.05) is 22.7 Å². The molecule has 0 unspecified atom stereocenters. The fourth-order valence-corrected chi connectivity index (χ4v) is 5.16. The average Bonchev–Trinajstić information content (AvgIpc) is 3.42. The number of methoxy groups -OCH3 is 1. The number of aliphatic imine (C=N–C) groups is 1. The Kier molecular flexibility index (Phi) is 6.98. The summed E-state index contributed by atoms with van der Waals surface area (Å²) in [6, 6.07) is 23.6. The van der Waals surface area contributed by atoms with Crippen LogP contribution in [0.4, 0.5) is 5.69 Å². The van der Waals surface area contributed by atoms with Gasteiger partial charge in [-0.3, -0.25) is 9.69 Å². The van der Waals surface area contributed by atoms with Gasteiger partial charge in [0.2, 0.25) is 0 Å². The molecule has 0 radical (unpaired) electrons. The first kappa shape index (κ1) is 24.9. The molecule has 8 nitrogen and oxygen atoms in total. The van der Waals surface area contributed by atoms with Crippen LogP contribution in [0.5, 0.6) is 5.75 Å². The van der Waals surface area contributed by atoms with Crippen LogP contribution in [0, 0.1) is 11.3 Å². The summed E-state index contributed by atoms with van der Waals surface area (Å²) in [6.07, 6.45) is 3.71. The molecule has 1 aliphatic heterocycles. The van der Waals surface area contributed by atoms with E-state index >= 15 is 0 Å². The molecule has 1 aromatic heterocycles. The molecule has 9 heteroatoms. The van der Waals surface area contributed by atoms with E-state index in [9.17, 15) is 20.0 Å². The van der Waals surface area contributed by atoms with Crippen LogP contribution in [0.2, 0.25) is 0 Å². The SMILES string of the molecule is COc1ccc(N=C2S/C(=C\c3cn(CC#N)c4ccccc34)C(=O)N2Cc2ccc(C(=O)O)cc2)cc1. The van der Waals surface area contributed by atoms with E-state index < -0.39 is 5.97 Å². The predicted octanol–water partition coefficient (Wildman–Crippen LogP) is 5.68. The van der Waals surface area contributed by atoms with Crippen LogP contribution in [-0.4, -0.2) is 38.7 Å². The second kappa shape index (κ2) is 10.7. The lowest BCUT2D eigenvalue weighted by atomic mass is 10.1. The van der Waals surface area contributed by atoms with Gasteiger partial charge in [0.25, 0.3) is 5.91 Å². The Morgan fingerprint density at radius 2 is 1.84 bits per heavy atom. The highest BCUT2D eigenvalue weighted by Crippen LogP contribution is 2.37. The molecule has 1 aliphatic rings. The minimum atomic E-state index is -1.01. The van der Waals surface area contributed by atoms with Crippen LogP contribution < -0.4 is 4.74 Å². The lowest BCUT2D eigenvalue weighted by molar-refractivity contribution is -0.122. The van der Waals surface area contributed by atoms with E-state index in [0.717, 1.165) is 22.0 Å². The number of aromatic carboxylic acids is 1. The van der Waals surface area contributed by atoms with Crippen molar-refractivity contribution < 1.29 is 19.4 Å². The van der Waals surface area contributed by atoms with Gasteiger partial charge in [-0.15, -0.1) is 0 Å². The maximum Gasteiger partial charge on any atom is 0.335 e. The third-order valence-corrected chi connectivity index (χ3v) is 7.08. The zero-order chi connectivity index (χ0) is 26.6. The van der Waals surface area contributed by atoms with Crippen molar-refractivity contribution in [1.29, 1.82) is 5.26 Å². The van der Waals surface area contributed by atoms with E-state index in [1.807, 2.05) is 53.2 Å². The number of para-hydroxylation sites is 1. The number of carboxylic acids is 1. The average molecular weight is 523 g/mol. The smallest absolute Gasteiger partial charge is 0.335 e. The van der Waals surface area contributed by atoms with Crippen molar-refractivity contribution in [3.05, 3.63) is 101 Å². The number of ether oxygens (including phenoxy) is 1. The van der Waals surface area contributed by atoms with Gasteiger partial charge in [-0.25, -0.2) is 9.79 Å². The molecule has 1 amide bonds. The number of aromatic nitrogens is 1. The number of carbonyl (C=O) groups excluding carboxylic acids is 1. The zero-order valence-electron chi connectivity index (χ0n) is 20.4. The van der Waals surface area contributed by atoms with E-state index in [0.29, 0.717) is 21.5 Å². The number of hydrogen-bond donors (Lipinski definition) is 1. The molecule has 0 aliphatic carbocycles. The van der Waals surface area contributed by atoms with Crippen LogP contribution in [0.1, 0.15) is 21.5 Å². The second-order valence-corrected chi connectivity index (χ2v) is 9.49. The Hall–Kier alpha value is -4.81. The highest BCUT2D eigenvalue weighted by atomic mass is 32.2. The van der Waals surface area contributed by atoms with Gasteiger partial charge in [-0.2, -0.15) is 5.26 Å². The Morgan fingerprint density at radius 3 is 2.53 bits per heavy atom. The van der Waals surface area contributed by atoms with Gasteiger partial charge in [-0.05, 0) is 65.9 Å². The van der Waals surface area contributed by atoms with Crippen LogP contribution >= 0.6 is 11.8 Å². The molecule has 1 N–H and O–H groups in total. The number of thioether (sulfide) groups is 1. The van der Waals surface area contributed by atoms with Crippen LogP contribution in [-0.2, 0) is 17.9 Å². The lowest BCUT2D eigenvalue weighted by Crippen LogP contribution is -2.28. The summed E-state index contributed by atoms with van der Waals surface area (Å²) in [4.78, 5) is 31.7. The van der Waals surface area contributed by atoms with E-state index in [1.54, 1.807) is 36.3 Å². The first-order chi connectivity index (χ1) is 18.5. The molecule has 1 fully saturated rings. The molecule has 1 saturated heterocycles. The summed E-state index contributed by atoms with van der Waals surface area (Å²) in [5.74, 6) is -0.512. The molecule has 188 valence electrons. The monoisotopic (exact) mass is 522 g/mol. The molecule has 3 aromatic carbocycles. The zero-order valence-corrected chi connectivity index (χ0v) is 21.2. The largest absolute Gasteiger partial charge is 0.497 e. The Labute approximate surface area is 223 Å². The summed E-state index contributed by atoms with van der Waals surface area (Å²) < 4.78 is 7.09. The predicted molar refractivity (Wildman–Crippen MR) is 147 cm³/mol. The molecule has 4 aromatic rings. The fourth-order valence-electron chi connectivity index (χ4n) is 4.17. The van der Waals surface area contributed by atoms with Crippen molar-refractivity contribution in [2.75, 3.05) is 7.11 Å². The van der Waals surface area contributed by atoms with Gasteiger partial charge in [0.05, 0.1) is 35.9 Å². The molecule has 0 bridgehead atoms. The van der Waals surface area contributed by atoms with Crippen molar-refractivity contribution in [1.82, 2.24) is 9.47 Å². The van der Waals surface area contributed by atoms with Crippen molar-refractivity contribution in [2.45, 2.75) is 13.1 Å². The van der Waals surface area contributed by atoms with E-state index in [2.05, 4.69) is 6.07 Å². The number of amides is 1. The Morgan fingerprint density at radius 1 is 1.11 bits per heavy atom. The number of benzene rings is 3. The quantitative estimate of drug-likeness (QED) is 0.313. The maximum atomic E-state index is 13.6. The maximum absolute atomic E-state index is 13.6. The van der Waals surface area contributed by atoms with Gasteiger partial charge < -0.3 is 14.4 Å². The molecule has 2 heterocycles. The molecule has 0 spiro atoms. The summed E-state index contributed by atoms with van der Waals surface area (Å²) in [5.41, 5.74) is 3.37. The third-order valence-electron chi connectivity index (χ3n) is 6.07. The van der Waals surface area contributed by atoms with Crippen molar-refractivity contribution in [2.24, 2.45) is 4.99 Å². The number of nitrogens with zero attached hydrogens (tertiary/aromatic N) is 4. The first-order valence-electron chi connectivity index (χ1n) is 11.7. The normalized spacial score (nSPS) is 15.4. The number of nitriles is 1. The van der Waals surface area contributed by atoms with Crippen LogP contribution in [0.25, 0.3) is 17.0 Å². The topological polar surface area (TPSA) is 108 Å². The minimum Gasteiger partial charge on any atom is -0.497 e. The van der Waals surface area contributed by atoms with Crippen molar-refractivity contribution in [3.63, 3.8) is 0 Å². The summed E-state index contributed by atoms with van der Waals surface area (Å²) in [5, 5.41) is 19.9. The number of carbonyl (C=O) groups is 2. The summed E-state index contributed by atoms with van der Waals surface area (Å²) >= 11 is 1.27. The number of hydrogen-bond acceptors (Lipinski definition) is 6. The van der Waals surface area contributed by atoms with Gasteiger partial charge >= 0.3 is 5.97 Å². The number of rotatable bonds is 7. The van der Waals surface area contributed by atoms with E-state index in [4.69, 9.17) is 9.73 Å². The lowest BCUT2D eigenvalue weighted by Gasteiger charge is -2.16. The second-order valence-electron chi connectivity index (χ2n) is 8.48.